The average molecular weight is 756 g/mol. The van der Waals surface area contributed by atoms with E-state index in [2.05, 4.69) is 26.3 Å². The van der Waals surface area contributed by atoms with Gasteiger partial charge in [0.25, 0.3) is 0 Å². The van der Waals surface area contributed by atoms with Gasteiger partial charge in [0.05, 0.1) is 42.2 Å². The lowest BCUT2D eigenvalue weighted by molar-refractivity contribution is -0.136. The quantitative estimate of drug-likeness (QED) is 0.0794. The Morgan fingerprint density at radius 3 is 2.49 bits per heavy atom. The van der Waals surface area contributed by atoms with Gasteiger partial charge >= 0.3 is 6.18 Å². The number of para-hydroxylation sites is 1. The van der Waals surface area contributed by atoms with E-state index in [0.29, 0.717) is 34.0 Å². The van der Waals surface area contributed by atoms with Crippen LogP contribution < -0.4 is 26.0 Å². The molecule has 1 heterocycles. The number of carbonyl (C=O) groups excluding carboxylic acids is 3. The number of rotatable bonds is 13. The molecule has 1 aliphatic rings. The van der Waals surface area contributed by atoms with Crippen LogP contribution in [0, 0.1) is 11.7 Å². The number of H-pyrrole nitrogens is 1. The Hall–Kier alpha value is -5.18. The van der Waals surface area contributed by atoms with Crippen molar-refractivity contribution < 1.29 is 41.8 Å². The number of carbonyl (C=O) groups is 3. The highest BCUT2D eigenvalue weighted by Crippen LogP contribution is 2.40. The number of aromatic amines is 1. The van der Waals surface area contributed by atoms with E-state index in [0.717, 1.165) is 6.07 Å². The Morgan fingerprint density at radius 1 is 1.06 bits per heavy atom. The number of aromatic hydroxyl groups is 1. The molecular formula is C38H41F4N5O5S. The molecule has 0 spiro atoms. The fraction of sp³-hybridized carbons (Fsp3) is 0.368. The summed E-state index contributed by atoms with van der Waals surface area (Å²) in [5.74, 6) is -2.45. The molecule has 0 radical (unpaired) electrons. The molecule has 6 N–H and O–H groups in total. The summed E-state index contributed by atoms with van der Waals surface area (Å²) >= 11 is 5.75. The van der Waals surface area contributed by atoms with Crippen molar-refractivity contribution in [3.63, 3.8) is 0 Å². The lowest BCUT2D eigenvalue weighted by atomic mass is 9.78. The van der Waals surface area contributed by atoms with Crippen LogP contribution in [0.2, 0.25) is 0 Å². The summed E-state index contributed by atoms with van der Waals surface area (Å²) in [6.07, 6.45) is -4.34. The van der Waals surface area contributed by atoms with Crippen molar-refractivity contribution in [2.75, 3.05) is 13.7 Å². The lowest BCUT2D eigenvalue weighted by Gasteiger charge is -2.39. The number of nitrogens with one attached hydrogen (secondary N) is 5. The molecule has 53 heavy (non-hydrogen) atoms. The fourth-order valence-corrected chi connectivity index (χ4v) is 6.92. The van der Waals surface area contributed by atoms with E-state index in [1.54, 1.807) is 18.2 Å². The highest BCUT2D eigenvalue weighted by Gasteiger charge is 2.46. The van der Waals surface area contributed by atoms with Crippen molar-refractivity contribution in [3.8, 4) is 11.5 Å². The summed E-state index contributed by atoms with van der Waals surface area (Å²) in [5, 5.41) is 21.9. The smallest absolute Gasteiger partial charge is 0.418 e. The molecule has 10 nitrogen and oxygen atoms in total. The number of halogens is 4. The number of benzene rings is 3. The van der Waals surface area contributed by atoms with Crippen LogP contribution in [0.15, 0.2) is 60.7 Å². The Morgan fingerprint density at radius 2 is 1.81 bits per heavy atom. The zero-order valence-electron chi connectivity index (χ0n) is 29.4. The largest absolute Gasteiger partial charge is 0.504 e. The second-order valence-electron chi connectivity index (χ2n) is 13.2. The molecular weight excluding hydrogens is 715 g/mol. The van der Waals surface area contributed by atoms with Gasteiger partial charge in [0.15, 0.2) is 11.5 Å². The minimum absolute atomic E-state index is 0.0213. The zero-order chi connectivity index (χ0) is 38.5. The van der Waals surface area contributed by atoms with Crippen LogP contribution in [0.4, 0.5) is 17.6 Å². The number of phenols is 1. The molecule has 15 heteroatoms. The molecule has 3 aromatic carbocycles. The third-order valence-corrected chi connectivity index (χ3v) is 10.1. The van der Waals surface area contributed by atoms with Crippen LogP contribution in [0.3, 0.4) is 0 Å². The number of methoxy groups -OCH3 is 1. The molecule has 0 saturated carbocycles. The van der Waals surface area contributed by atoms with E-state index in [1.807, 2.05) is 13.8 Å². The van der Waals surface area contributed by atoms with Crippen LogP contribution in [0.5, 0.6) is 11.5 Å². The normalized spacial score (nSPS) is 16.6. The summed E-state index contributed by atoms with van der Waals surface area (Å²) in [7, 11) is 1.44. The summed E-state index contributed by atoms with van der Waals surface area (Å²) in [6, 6.07) is 13.7. The van der Waals surface area contributed by atoms with E-state index in [-0.39, 0.29) is 60.4 Å². The van der Waals surface area contributed by atoms with Crippen molar-refractivity contribution in [1.29, 1.82) is 0 Å². The summed E-state index contributed by atoms with van der Waals surface area (Å²) in [6.45, 7) is 3.50. The number of phenolic OH excluding ortho intramolecular Hbond substituents is 1. The zero-order valence-corrected chi connectivity index (χ0v) is 30.2. The molecule has 1 unspecified atom stereocenters. The number of hydrogen-bond donors (Lipinski definition) is 6. The predicted molar refractivity (Wildman–Crippen MR) is 195 cm³/mol. The van der Waals surface area contributed by atoms with Gasteiger partial charge in [-0.05, 0) is 59.7 Å². The highest BCUT2D eigenvalue weighted by molar-refractivity contribution is 7.80. The maximum absolute atomic E-state index is 14.5. The van der Waals surface area contributed by atoms with Crippen LogP contribution in [0.1, 0.15) is 54.6 Å². The van der Waals surface area contributed by atoms with Crippen molar-refractivity contribution >= 4 is 45.8 Å². The van der Waals surface area contributed by atoms with Gasteiger partial charge in [0, 0.05) is 24.0 Å². The van der Waals surface area contributed by atoms with Crippen molar-refractivity contribution in [2.45, 2.75) is 70.3 Å². The van der Waals surface area contributed by atoms with Gasteiger partial charge in [-0.2, -0.15) is 13.2 Å². The van der Waals surface area contributed by atoms with E-state index in [4.69, 9.17) is 17.0 Å². The number of amides is 3. The molecule has 5 rings (SSSR count). The van der Waals surface area contributed by atoms with E-state index < -0.39 is 53.4 Å². The minimum Gasteiger partial charge on any atom is -0.504 e. The van der Waals surface area contributed by atoms with Gasteiger partial charge in [-0.15, -0.1) is 0 Å². The molecule has 0 saturated heterocycles. The maximum Gasteiger partial charge on any atom is 0.418 e. The van der Waals surface area contributed by atoms with Crippen LogP contribution >= 0.6 is 12.2 Å². The third kappa shape index (κ3) is 8.90. The molecule has 0 aliphatic heterocycles. The lowest BCUT2D eigenvalue weighted by Crippen LogP contribution is -2.65. The molecule has 4 aromatic rings. The molecule has 1 aliphatic carbocycles. The molecule has 282 valence electrons. The SMILES string of the molecule is CCC(C)[C@H](NC(=O)[C@@]1(NC(=O)CNC(=O)Cc2ccccc2F)CCc2[nH]c3c(C(F)(F)F)cccc3c2C1)C(=S)NCc1ccc(OC)c(O)c1. The molecule has 3 atom stereocenters. The first-order valence-electron chi connectivity index (χ1n) is 17.1. The van der Waals surface area contributed by atoms with Gasteiger partial charge < -0.3 is 36.1 Å². The highest BCUT2D eigenvalue weighted by atomic mass is 32.1. The first-order chi connectivity index (χ1) is 25.2. The first kappa shape index (κ1) is 39.0. The van der Waals surface area contributed by atoms with Gasteiger partial charge in [0.2, 0.25) is 17.7 Å². The van der Waals surface area contributed by atoms with Crippen molar-refractivity contribution in [1.82, 2.24) is 26.3 Å². The number of fused-ring (bicyclic) bond motifs is 3. The van der Waals surface area contributed by atoms with Crippen LogP contribution in [-0.2, 0) is 46.4 Å². The van der Waals surface area contributed by atoms with Crippen molar-refractivity contribution in [2.24, 2.45) is 5.92 Å². The topological polar surface area (TPSA) is 145 Å². The third-order valence-electron chi connectivity index (χ3n) is 9.68. The van der Waals surface area contributed by atoms with Crippen molar-refractivity contribution in [3.05, 3.63) is 94.4 Å². The van der Waals surface area contributed by atoms with Crippen LogP contribution in [-0.4, -0.2) is 58.0 Å². The molecule has 3 amide bonds. The number of aromatic nitrogens is 1. The number of hydrogen-bond acceptors (Lipinski definition) is 6. The predicted octanol–water partition coefficient (Wildman–Crippen LogP) is 5.39. The summed E-state index contributed by atoms with van der Waals surface area (Å²) in [5.41, 5.74) is -0.796. The van der Waals surface area contributed by atoms with Gasteiger partial charge in [-0.25, -0.2) is 4.39 Å². The fourth-order valence-electron chi connectivity index (χ4n) is 6.56. The van der Waals surface area contributed by atoms with E-state index in [9.17, 15) is 37.1 Å². The average Bonchev–Trinajstić information content (AvgIpc) is 3.49. The van der Waals surface area contributed by atoms with Gasteiger partial charge in [-0.1, -0.05) is 68.9 Å². The number of alkyl halides is 3. The second kappa shape index (κ2) is 16.2. The Labute approximate surface area is 309 Å². The summed E-state index contributed by atoms with van der Waals surface area (Å²) < 4.78 is 61.1. The standard InChI is InChI=1S/C38H41F4N5O5S/c1-4-21(2)33(35(53)44-19-22-12-13-30(52-3)29(48)16-22)46-36(51)37(47-32(50)20-43-31(49)17-23-8-5-6-11-27(23)39)15-14-28-25(18-37)24-9-7-10-26(34(24)45-28)38(40,41)42/h5-13,16,21,33,45,48H,4,14-15,17-20H2,1-3H3,(H,43,49)(H,44,53)(H,46,51)(H,47,50)/t21?,33-,37+/m0/s1. The number of ether oxygens (including phenoxy) is 1. The van der Waals surface area contributed by atoms with E-state index in [1.165, 1.54) is 43.5 Å². The Balaban J connectivity index is 1.40. The van der Waals surface area contributed by atoms with Gasteiger partial charge in [0.1, 0.15) is 11.4 Å². The number of aryl methyl sites for hydroxylation is 1. The monoisotopic (exact) mass is 755 g/mol. The molecule has 0 bridgehead atoms. The minimum atomic E-state index is -4.63. The van der Waals surface area contributed by atoms with E-state index >= 15 is 0 Å². The number of thiocarbonyl (C=S) groups is 1. The molecule has 0 fully saturated rings. The molecule has 1 aromatic heterocycles. The van der Waals surface area contributed by atoms with Crippen LogP contribution in [0.25, 0.3) is 10.9 Å². The Kier molecular flexibility index (Phi) is 12.0. The summed E-state index contributed by atoms with van der Waals surface area (Å²) in [4.78, 5) is 43.8. The van der Waals surface area contributed by atoms with Gasteiger partial charge in [-0.3, -0.25) is 14.4 Å². The first-order valence-corrected chi connectivity index (χ1v) is 17.5. The Bertz CT molecular complexity index is 2020. The maximum atomic E-state index is 14.5. The second-order valence-corrected chi connectivity index (χ2v) is 13.7.